The summed E-state index contributed by atoms with van der Waals surface area (Å²) in [6.07, 6.45) is 2.45. The van der Waals surface area contributed by atoms with Gasteiger partial charge in [0.05, 0.1) is 0 Å². The van der Waals surface area contributed by atoms with Crippen LogP contribution in [0.4, 0.5) is 0 Å². The minimum atomic E-state index is 0.0750. The Kier molecular flexibility index (Phi) is 3.23. The molecule has 0 spiro atoms. The lowest BCUT2D eigenvalue weighted by atomic mass is 10.4. The van der Waals surface area contributed by atoms with Gasteiger partial charge in [0.2, 0.25) is 5.91 Å². The molecule has 2 heterocycles. The molecule has 1 N–H and O–H groups in total. The highest BCUT2D eigenvalue weighted by molar-refractivity contribution is 5.75. The van der Waals surface area contributed by atoms with E-state index < -0.39 is 0 Å². The number of amides is 1. The third kappa shape index (κ3) is 2.72. The Hall–Kier alpha value is -1.50. The number of hydrogen-bond donors (Lipinski definition) is 1. The van der Waals surface area contributed by atoms with Crippen molar-refractivity contribution in [2.75, 3.05) is 26.2 Å². The molecule has 1 aromatic rings. The van der Waals surface area contributed by atoms with Crippen LogP contribution < -0.4 is 5.32 Å². The SMILES string of the molecule is O=C(Cn1cnnn1)N1CCCNCC1. The normalized spacial score (nSPS) is 17.5. The van der Waals surface area contributed by atoms with E-state index in [2.05, 4.69) is 20.8 Å². The Labute approximate surface area is 87.4 Å². The highest BCUT2D eigenvalue weighted by Crippen LogP contribution is 1.97. The quantitative estimate of drug-likeness (QED) is 0.642. The van der Waals surface area contributed by atoms with Crippen LogP contribution in [-0.2, 0) is 11.3 Å². The van der Waals surface area contributed by atoms with E-state index in [0.717, 1.165) is 32.6 Å². The molecule has 0 saturated carbocycles. The van der Waals surface area contributed by atoms with E-state index in [9.17, 15) is 4.79 Å². The van der Waals surface area contributed by atoms with Gasteiger partial charge < -0.3 is 10.2 Å². The van der Waals surface area contributed by atoms with E-state index in [1.54, 1.807) is 0 Å². The van der Waals surface area contributed by atoms with E-state index in [0.29, 0.717) is 0 Å². The van der Waals surface area contributed by atoms with Crippen LogP contribution in [0.5, 0.6) is 0 Å². The second kappa shape index (κ2) is 4.83. The third-order valence-corrected chi connectivity index (χ3v) is 2.38. The van der Waals surface area contributed by atoms with Gasteiger partial charge in [-0.05, 0) is 23.4 Å². The van der Waals surface area contributed by atoms with Gasteiger partial charge in [0, 0.05) is 19.6 Å². The Balaban J connectivity index is 1.89. The number of hydrogen-bond acceptors (Lipinski definition) is 5. The maximum absolute atomic E-state index is 11.8. The molecule has 2 rings (SSSR count). The van der Waals surface area contributed by atoms with Crippen molar-refractivity contribution in [1.29, 1.82) is 0 Å². The smallest absolute Gasteiger partial charge is 0.244 e. The third-order valence-electron chi connectivity index (χ3n) is 2.38. The van der Waals surface area contributed by atoms with Crippen LogP contribution >= 0.6 is 0 Å². The number of carbonyl (C=O) groups is 1. The van der Waals surface area contributed by atoms with Crippen LogP contribution in [-0.4, -0.2) is 57.2 Å². The van der Waals surface area contributed by atoms with Gasteiger partial charge in [0.15, 0.2) is 0 Å². The standard InChI is InChI=1S/C8H14N6O/c15-8(6-14-7-10-11-12-14)13-4-1-2-9-3-5-13/h7,9H,1-6H2. The summed E-state index contributed by atoms with van der Waals surface area (Å²) in [6.45, 7) is 3.65. The molecule has 0 atom stereocenters. The van der Waals surface area contributed by atoms with Crippen LogP contribution in [0.15, 0.2) is 6.33 Å². The number of nitrogens with one attached hydrogen (secondary N) is 1. The first-order valence-electron chi connectivity index (χ1n) is 5.05. The first kappa shape index (κ1) is 10.0. The van der Waals surface area contributed by atoms with E-state index in [4.69, 9.17) is 0 Å². The largest absolute Gasteiger partial charge is 0.340 e. The van der Waals surface area contributed by atoms with Crippen LogP contribution in [0.2, 0.25) is 0 Å². The van der Waals surface area contributed by atoms with Crippen molar-refractivity contribution in [3.8, 4) is 0 Å². The van der Waals surface area contributed by atoms with E-state index in [-0.39, 0.29) is 12.5 Å². The number of carbonyl (C=O) groups excluding carboxylic acids is 1. The van der Waals surface area contributed by atoms with Gasteiger partial charge in [-0.25, -0.2) is 4.68 Å². The molecule has 82 valence electrons. The fourth-order valence-corrected chi connectivity index (χ4v) is 1.59. The fraction of sp³-hybridized carbons (Fsp3) is 0.750. The zero-order valence-electron chi connectivity index (χ0n) is 8.46. The molecule has 0 aliphatic carbocycles. The fourth-order valence-electron chi connectivity index (χ4n) is 1.59. The van der Waals surface area contributed by atoms with Gasteiger partial charge in [-0.2, -0.15) is 0 Å². The molecule has 1 amide bonds. The number of aromatic nitrogens is 4. The van der Waals surface area contributed by atoms with Gasteiger partial charge in [-0.1, -0.05) is 0 Å². The summed E-state index contributed by atoms with van der Waals surface area (Å²) in [6, 6.07) is 0. The van der Waals surface area contributed by atoms with E-state index in [1.807, 2.05) is 4.90 Å². The predicted octanol–water partition coefficient (Wildman–Crippen LogP) is -1.50. The highest BCUT2D eigenvalue weighted by atomic mass is 16.2. The van der Waals surface area contributed by atoms with Crippen molar-refractivity contribution < 1.29 is 4.79 Å². The van der Waals surface area contributed by atoms with Gasteiger partial charge in [0.1, 0.15) is 12.9 Å². The summed E-state index contributed by atoms with van der Waals surface area (Å²) < 4.78 is 1.45. The lowest BCUT2D eigenvalue weighted by Gasteiger charge is -2.19. The molecule has 15 heavy (non-hydrogen) atoms. The van der Waals surface area contributed by atoms with Crippen LogP contribution in [0.25, 0.3) is 0 Å². The van der Waals surface area contributed by atoms with Crippen molar-refractivity contribution in [2.45, 2.75) is 13.0 Å². The van der Waals surface area contributed by atoms with Gasteiger partial charge in [0.25, 0.3) is 0 Å². The van der Waals surface area contributed by atoms with Gasteiger partial charge in [-0.3, -0.25) is 4.79 Å². The molecule has 7 nitrogen and oxygen atoms in total. The Morgan fingerprint density at radius 2 is 2.33 bits per heavy atom. The minimum absolute atomic E-state index is 0.0750. The van der Waals surface area contributed by atoms with Crippen molar-refractivity contribution >= 4 is 5.91 Å². The molecule has 7 heteroatoms. The molecule has 1 aliphatic heterocycles. The maximum atomic E-state index is 11.8. The summed E-state index contributed by atoms with van der Waals surface area (Å²) in [5.74, 6) is 0.0750. The van der Waals surface area contributed by atoms with Gasteiger partial charge in [-0.15, -0.1) is 5.10 Å². The lowest BCUT2D eigenvalue weighted by Crippen LogP contribution is -2.36. The summed E-state index contributed by atoms with van der Waals surface area (Å²) in [4.78, 5) is 13.6. The van der Waals surface area contributed by atoms with Crippen LogP contribution in [0.3, 0.4) is 0 Å². The Bertz CT molecular complexity index is 303. The molecule has 0 radical (unpaired) electrons. The Morgan fingerprint density at radius 3 is 3.13 bits per heavy atom. The molecule has 1 aliphatic rings. The lowest BCUT2D eigenvalue weighted by molar-refractivity contribution is -0.131. The first-order valence-corrected chi connectivity index (χ1v) is 5.05. The summed E-state index contributed by atoms with van der Waals surface area (Å²) in [5, 5.41) is 13.9. The summed E-state index contributed by atoms with van der Waals surface area (Å²) in [7, 11) is 0. The molecular weight excluding hydrogens is 196 g/mol. The number of tetrazole rings is 1. The van der Waals surface area contributed by atoms with Crippen molar-refractivity contribution in [3.63, 3.8) is 0 Å². The van der Waals surface area contributed by atoms with Crippen LogP contribution in [0, 0.1) is 0 Å². The maximum Gasteiger partial charge on any atom is 0.244 e. The molecule has 1 fully saturated rings. The average molecular weight is 210 g/mol. The molecule has 0 bridgehead atoms. The molecular formula is C8H14N6O. The predicted molar refractivity (Wildman–Crippen MR) is 51.9 cm³/mol. The zero-order chi connectivity index (χ0) is 10.5. The molecule has 0 unspecified atom stereocenters. The molecule has 1 saturated heterocycles. The minimum Gasteiger partial charge on any atom is -0.340 e. The van der Waals surface area contributed by atoms with E-state index >= 15 is 0 Å². The average Bonchev–Trinajstić information content (AvgIpc) is 2.58. The monoisotopic (exact) mass is 210 g/mol. The second-order valence-corrected chi connectivity index (χ2v) is 3.49. The summed E-state index contributed by atoms with van der Waals surface area (Å²) in [5.41, 5.74) is 0. The number of nitrogens with zero attached hydrogens (tertiary/aromatic N) is 5. The topological polar surface area (TPSA) is 75.9 Å². The second-order valence-electron chi connectivity index (χ2n) is 3.49. The zero-order valence-corrected chi connectivity index (χ0v) is 8.46. The molecule has 0 aromatic carbocycles. The summed E-state index contributed by atoms with van der Waals surface area (Å²) >= 11 is 0. The Morgan fingerprint density at radius 1 is 1.40 bits per heavy atom. The van der Waals surface area contributed by atoms with Gasteiger partial charge >= 0.3 is 0 Å². The van der Waals surface area contributed by atoms with Crippen LogP contribution in [0.1, 0.15) is 6.42 Å². The number of rotatable bonds is 2. The van der Waals surface area contributed by atoms with Crippen molar-refractivity contribution in [3.05, 3.63) is 6.33 Å². The van der Waals surface area contributed by atoms with Crippen molar-refractivity contribution in [2.24, 2.45) is 0 Å². The van der Waals surface area contributed by atoms with E-state index in [1.165, 1.54) is 11.0 Å². The molecule has 1 aromatic heterocycles. The highest BCUT2D eigenvalue weighted by Gasteiger charge is 2.15. The van der Waals surface area contributed by atoms with Crippen molar-refractivity contribution in [1.82, 2.24) is 30.4 Å². The first-order chi connectivity index (χ1) is 7.36.